The van der Waals surface area contributed by atoms with Gasteiger partial charge >= 0.3 is 0 Å². The lowest BCUT2D eigenvalue weighted by Crippen LogP contribution is -2.54. The number of hydrazine groups is 1. The predicted molar refractivity (Wildman–Crippen MR) is 42.3 cm³/mol. The molecule has 0 atom stereocenters. The van der Waals surface area contributed by atoms with Gasteiger partial charge in [-0.15, -0.1) is 0 Å². The van der Waals surface area contributed by atoms with Crippen molar-refractivity contribution in [2.24, 2.45) is 5.84 Å². The summed E-state index contributed by atoms with van der Waals surface area (Å²) >= 11 is 1.98. The van der Waals surface area contributed by atoms with E-state index in [1.165, 1.54) is 5.75 Å². The summed E-state index contributed by atoms with van der Waals surface area (Å²) in [5.74, 6) is 8.07. The third kappa shape index (κ3) is 1.60. The number of nitrogens with zero attached hydrogens (tertiary/aromatic N) is 1. The molecule has 9 heavy (non-hydrogen) atoms. The minimum absolute atomic E-state index is 0.211. The Morgan fingerprint density at radius 3 is 2.56 bits per heavy atom. The molecule has 0 saturated carbocycles. The minimum Gasteiger partial charge on any atom is -0.268 e. The quantitative estimate of drug-likeness (QED) is 0.510. The second-order valence-electron chi connectivity index (χ2n) is 3.06. The molecule has 0 aliphatic carbocycles. The third-order valence-electron chi connectivity index (χ3n) is 1.71. The van der Waals surface area contributed by atoms with Crippen molar-refractivity contribution in [1.29, 1.82) is 0 Å². The molecule has 2 nitrogen and oxygen atoms in total. The van der Waals surface area contributed by atoms with Crippen molar-refractivity contribution < 1.29 is 0 Å². The first-order chi connectivity index (χ1) is 4.13. The van der Waals surface area contributed by atoms with Gasteiger partial charge in [0.15, 0.2) is 0 Å². The molecule has 54 valence electrons. The summed E-state index contributed by atoms with van der Waals surface area (Å²) in [6.45, 7) is 5.38. The van der Waals surface area contributed by atoms with Crippen molar-refractivity contribution >= 4 is 11.8 Å². The fraction of sp³-hybridized carbons (Fsp3) is 1.00. The van der Waals surface area contributed by atoms with Crippen LogP contribution in [0.2, 0.25) is 0 Å². The molecule has 1 fully saturated rings. The summed E-state index contributed by atoms with van der Waals surface area (Å²) in [7, 11) is 0. The van der Waals surface area contributed by atoms with Crippen molar-refractivity contribution in [2.45, 2.75) is 19.4 Å². The average Bonchev–Trinajstić information content (AvgIpc) is 1.77. The van der Waals surface area contributed by atoms with Gasteiger partial charge in [-0.2, -0.15) is 11.8 Å². The summed E-state index contributed by atoms with van der Waals surface area (Å²) in [4.78, 5) is 0. The van der Waals surface area contributed by atoms with Crippen LogP contribution in [0.3, 0.4) is 0 Å². The van der Waals surface area contributed by atoms with Crippen LogP contribution in [0.1, 0.15) is 13.8 Å². The molecule has 2 N–H and O–H groups in total. The lowest BCUT2D eigenvalue weighted by molar-refractivity contribution is 0.147. The van der Waals surface area contributed by atoms with Crippen molar-refractivity contribution in [3.05, 3.63) is 0 Å². The van der Waals surface area contributed by atoms with Crippen LogP contribution in [0.25, 0.3) is 0 Å². The van der Waals surface area contributed by atoms with Gasteiger partial charge < -0.3 is 0 Å². The SMILES string of the molecule is CC1(C)CSCCN1N. The van der Waals surface area contributed by atoms with E-state index in [0.717, 1.165) is 12.3 Å². The number of thioether (sulfide) groups is 1. The normalized spacial score (nSPS) is 28.3. The van der Waals surface area contributed by atoms with Crippen LogP contribution in [0.5, 0.6) is 0 Å². The first-order valence-electron chi connectivity index (χ1n) is 3.23. The van der Waals surface area contributed by atoms with E-state index in [2.05, 4.69) is 13.8 Å². The molecule has 3 heteroatoms. The fourth-order valence-corrected chi connectivity index (χ4v) is 2.01. The highest BCUT2D eigenvalue weighted by Gasteiger charge is 2.27. The van der Waals surface area contributed by atoms with E-state index in [4.69, 9.17) is 5.84 Å². The van der Waals surface area contributed by atoms with Crippen LogP contribution >= 0.6 is 11.8 Å². The Morgan fingerprint density at radius 2 is 2.22 bits per heavy atom. The van der Waals surface area contributed by atoms with Crippen LogP contribution in [0.4, 0.5) is 0 Å². The highest BCUT2D eigenvalue weighted by molar-refractivity contribution is 7.99. The number of hydrogen-bond acceptors (Lipinski definition) is 3. The molecule has 0 unspecified atom stereocenters. The van der Waals surface area contributed by atoms with Crippen LogP contribution in [-0.4, -0.2) is 28.6 Å². The standard InChI is InChI=1S/C6H14N2S/c1-6(2)5-9-4-3-8(6)7/h3-5,7H2,1-2H3. The van der Waals surface area contributed by atoms with Gasteiger partial charge in [-0.05, 0) is 13.8 Å². The molecule has 0 aromatic carbocycles. The molecule has 0 amide bonds. The van der Waals surface area contributed by atoms with Crippen molar-refractivity contribution in [2.75, 3.05) is 18.1 Å². The molecule has 0 radical (unpaired) electrons. The number of rotatable bonds is 0. The van der Waals surface area contributed by atoms with Crippen LogP contribution < -0.4 is 5.84 Å². The molecule has 1 heterocycles. The first-order valence-corrected chi connectivity index (χ1v) is 4.38. The largest absolute Gasteiger partial charge is 0.268 e. The van der Waals surface area contributed by atoms with Gasteiger partial charge in [0.25, 0.3) is 0 Å². The van der Waals surface area contributed by atoms with Crippen LogP contribution in [0.15, 0.2) is 0 Å². The Bertz CT molecular complexity index is 103. The smallest absolute Gasteiger partial charge is 0.0386 e. The summed E-state index contributed by atoms with van der Waals surface area (Å²) in [5, 5.41) is 1.93. The van der Waals surface area contributed by atoms with Gasteiger partial charge in [-0.25, -0.2) is 5.01 Å². The maximum atomic E-state index is 5.73. The van der Waals surface area contributed by atoms with Crippen LogP contribution in [-0.2, 0) is 0 Å². The Balaban J connectivity index is 2.49. The Labute approximate surface area is 60.8 Å². The topological polar surface area (TPSA) is 29.3 Å². The van der Waals surface area contributed by atoms with E-state index < -0.39 is 0 Å². The summed E-state index contributed by atoms with van der Waals surface area (Å²) in [6.07, 6.45) is 0. The van der Waals surface area contributed by atoms with Gasteiger partial charge in [-0.3, -0.25) is 5.84 Å². The second-order valence-corrected chi connectivity index (χ2v) is 4.16. The number of hydrogen-bond donors (Lipinski definition) is 1. The first kappa shape index (κ1) is 7.38. The molecule has 1 rings (SSSR count). The zero-order valence-corrected chi connectivity index (χ0v) is 6.87. The molecule has 1 aliphatic heterocycles. The van der Waals surface area contributed by atoms with Crippen molar-refractivity contribution in [3.8, 4) is 0 Å². The lowest BCUT2D eigenvalue weighted by atomic mass is 10.1. The maximum Gasteiger partial charge on any atom is 0.0386 e. The molecule has 0 spiro atoms. The van der Waals surface area contributed by atoms with E-state index in [1.807, 2.05) is 16.8 Å². The lowest BCUT2D eigenvalue weighted by Gasteiger charge is -2.38. The third-order valence-corrected chi connectivity index (χ3v) is 3.09. The Hall–Kier alpha value is 0.270. The molecule has 0 aromatic rings. The van der Waals surface area contributed by atoms with Gasteiger partial charge in [0, 0.05) is 23.6 Å². The van der Waals surface area contributed by atoms with Gasteiger partial charge in [0.05, 0.1) is 0 Å². The van der Waals surface area contributed by atoms with E-state index in [0.29, 0.717) is 0 Å². The molecule has 1 aliphatic rings. The Kier molecular flexibility index (Phi) is 2.03. The molecular weight excluding hydrogens is 132 g/mol. The van der Waals surface area contributed by atoms with Crippen molar-refractivity contribution in [3.63, 3.8) is 0 Å². The van der Waals surface area contributed by atoms with E-state index in [9.17, 15) is 0 Å². The van der Waals surface area contributed by atoms with Gasteiger partial charge in [-0.1, -0.05) is 0 Å². The zero-order chi connectivity index (χ0) is 6.91. The van der Waals surface area contributed by atoms with E-state index in [1.54, 1.807) is 0 Å². The molecule has 1 saturated heterocycles. The zero-order valence-electron chi connectivity index (χ0n) is 6.05. The highest BCUT2D eigenvalue weighted by atomic mass is 32.2. The van der Waals surface area contributed by atoms with Gasteiger partial charge in [0.1, 0.15) is 0 Å². The Morgan fingerprint density at radius 1 is 1.56 bits per heavy atom. The molecule has 0 aromatic heterocycles. The fourth-order valence-electron chi connectivity index (χ4n) is 0.870. The molecule has 0 bridgehead atoms. The van der Waals surface area contributed by atoms with Crippen LogP contribution in [0, 0.1) is 0 Å². The monoisotopic (exact) mass is 146 g/mol. The van der Waals surface area contributed by atoms with E-state index >= 15 is 0 Å². The van der Waals surface area contributed by atoms with Crippen molar-refractivity contribution in [1.82, 2.24) is 5.01 Å². The highest BCUT2D eigenvalue weighted by Crippen LogP contribution is 2.22. The summed E-state index contributed by atoms with van der Waals surface area (Å²) < 4.78 is 0. The molecular formula is C6H14N2S. The predicted octanol–water partition coefficient (Wildman–Crippen LogP) is 0.688. The second kappa shape index (κ2) is 2.48. The maximum absolute atomic E-state index is 5.73. The summed E-state index contributed by atoms with van der Waals surface area (Å²) in [6, 6.07) is 0. The minimum atomic E-state index is 0.211. The van der Waals surface area contributed by atoms with Gasteiger partial charge in [0.2, 0.25) is 0 Å². The number of nitrogens with two attached hydrogens (primary N) is 1. The summed E-state index contributed by atoms with van der Waals surface area (Å²) in [5.41, 5.74) is 0.211. The van der Waals surface area contributed by atoms with E-state index in [-0.39, 0.29) is 5.54 Å². The average molecular weight is 146 g/mol.